The van der Waals surface area contributed by atoms with Crippen molar-refractivity contribution >= 4 is 32.3 Å². The Labute approximate surface area is 316 Å². The molecule has 252 valence electrons. The van der Waals surface area contributed by atoms with Gasteiger partial charge in [-0.3, -0.25) is 0 Å². The second-order valence-corrected chi connectivity index (χ2v) is 14.1. The zero-order valence-electron chi connectivity index (χ0n) is 29.8. The first-order chi connectivity index (χ1) is 26.8. The van der Waals surface area contributed by atoms with Crippen LogP contribution in [0.2, 0.25) is 0 Å². The standard InChI is InChI=1S/C54H36/c1-4-15-37(16-5-1)41-21-14-22-43(31-41)53-49-23-10-12-25-51(49)54(52-26-13-11-24-50(52)53)44-30-28-40-27-29-42(32-45(40)33-44)48-35-46(38-17-6-2-7-18-38)34-47(36-48)39-19-8-3-9-20-39/h1-36H. The summed E-state index contributed by atoms with van der Waals surface area (Å²) in [7, 11) is 0. The van der Waals surface area contributed by atoms with Crippen molar-refractivity contribution in [1.29, 1.82) is 0 Å². The Morgan fingerprint density at radius 3 is 0.981 bits per heavy atom. The minimum absolute atomic E-state index is 1.21. The van der Waals surface area contributed by atoms with Crippen molar-refractivity contribution in [2.75, 3.05) is 0 Å². The van der Waals surface area contributed by atoms with E-state index in [4.69, 9.17) is 0 Å². The van der Waals surface area contributed by atoms with Gasteiger partial charge in [0.05, 0.1) is 0 Å². The van der Waals surface area contributed by atoms with E-state index in [0.717, 1.165) is 0 Å². The lowest BCUT2D eigenvalue weighted by Gasteiger charge is -2.18. The van der Waals surface area contributed by atoms with E-state index in [-0.39, 0.29) is 0 Å². The van der Waals surface area contributed by atoms with Crippen molar-refractivity contribution in [3.8, 4) is 66.8 Å². The van der Waals surface area contributed by atoms with Gasteiger partial charge in [0.15, 0.2) is 0 Å². The fourth-order valence-corrected chi connectivity index (χ4v) is 8.21. The summed E-state index contributed by atoms with van der Waals surface area (Å²) in [4.78, 5) is 0. The summed E-state index contributed by atoms with van der Waals surface area (Å²) in [6.45, 7) is 0. The topological polar surface area (TPSA) is 0 Å². The summed E-state index contributed by atoms with van der Waals surface area (Å²) in [5, 5.41) is 7.50. The van der Waals surface area contributed by atoms with Crippen LogP contribution in [0.5, 0.6) is 0 Å². The highest BCUT2D eigenvalue weighted by Crippen LogP contribution is 2.45. The molecule has 0 aliphatic heterocycles. The molecule has 54 heavy (non-hydrogen) atoms. The zero-order chi connectivity index (χ0) is 35.8. The van der Waals surface area contributed by atoms with E-state index in [0.29, 0.717) is 0 Å². The predicted octanol–water partition coefficient (Wildman–Crippen LogP) is 15.1. The first kappa shape index (κ1) is 31.7. The van der Waals surface area contributed by atoms with Crippen LogP contribution in [0, 0.1) is 0 Å². The molecule has 10 aromatic rings. The molecule has 0 aliphatic carbocycles. The first-order valence-electron chi connectivity index (χ1n) is 18.7. The molecule has 0 atom stereocenters. The lowest BCUT2D eigenvalue weighted by atomic mass is 9.85. The molecule has 0 saturated carbocycles. The molecule has 0 spiro atoms. The quantitative estimate of drug-likeness (QED) is 0.153. The molecule has 0 heteroatoms. The summed E-state index contributed by atoms with van der Waals surface area (Å²) < 4.78 is 0. The minimum Gasteiger partial charge on any atom is -0.0622 e. The van der Waals surface area contributed by atoms with Crippen LogP contribution >= 0.6 is 0 Å². The molecule has 0 aromatic heterocycles. The third-order valence-electron chi connectivity index (χ3n) is 10.8. The third-order valence-corrected chi connectivity index (χ3v) is 10.8. The minimum atomic E-state index is 1.21. The Morgan fingerprint density at radius 2 is 0.481 bits per heavy atom. The highest BCUT2D eigenvalue weighted by Gasteiger charge is 2.17. The van der Waals surface area contributed by atoms with Crippen molar-refractivity contribution in [2.45, 2.75) is 0 Å². The molecule has 0 unspecified atom stereocenters. The molecule has 0 fully saturated rings. The molecule has 0 nitrogen and oxygen atoms in total. The van der Waals surface area contributed by atoms with E-state index in [9.17, 15) is 0 Å². The second kappa shape index (κ2) is 13.5. The summed E-state index contributed by atoms with van der Waals surface area (Å²) in [5.74, 6) is 0. The maximum atomic E-state index is 2.39. The molecule has 0 N–H and O–H groups in total. The third kappa shape index (κ3) is 5.75. The highest BCUT2D eigenvalue weighted by atomic mass is 14.2. The molecule has 0 radical (unpaired) electrons. The average Bonchev–Trinajstić information content (AvgIpc) is 3.26. The molecule has 0 heterocycles. The van der Waals surface area contributed by atoms with Crippen LogP contribution in [0.1, 0.15) is 0 Å². The van der Waals surface area contributed by atoms with Crippen LogP contribution in [0.4, 0.5) is 0 Å². The Kier molecular flexibility index (Phi) is 7.93. The van der Waals surface area contributed by atoms with Crippen molar-refractivity contribution in [3.05, 3.63) is 218 Å². The van der Waals surface area contributed by atoms with Crippen LogP contribution in [0.15, 0.2) is 218 Å². The molecule has 0 saturated heterocycles. The Bertz CT molecular complexity index is 2840. The molecule has 0 amide bonds. The Hall–Kier alpha value is -7.02. The summed E-state index contributed by atoms with van der Waals surface area (Å²) in [5.41, 5.74) is 14.7. The molecule has 10 rings (SSSR count). The Morgan fingerprint density at radius 1 is 0.167 bits per heavy atom. The van der Waals surface area contributed by atoms with Crippen LogP contribution in [0.25, 0.3) is 99.1 Å². The monoisotopic (exact) mass is 684 g/mol. The van der Waals surface area contributed by atoms with Gasteiger partial charge in [-0.2, -0.15) is 0 Å². The van der Waals surface area contributed by atoms with Gasteiger partial charge in [0.25, 0.3) is 0 Å². The van der Waals surface area contributed by atoms with E-state index in [1.165, 1.54) is 99.1 Å². The number of benzene rings is 10. The molecular weight excluding hydrogens is 649 g/mol. The maximum Gasteiger partial charge on any atom is -0.00262 e. The number of hydrogen-bond donors (Lipinski definition) is 0. The molecule has 0 aliphatic rings. The lowest BCUT2D eigenvalue weighted by molar-refractivity contribution is 1.57. The zero-order valence-corrected chi connectivity index (χ0v) is 29.8. The van der Waals surface area contributed by atoms with E-state index in [1.807, 2.05) is 0 Å². The molecular formula is C54H36. The van der Waals surface area contributed by atoms with Gasteiger partial charge in [0.2, 0.25) is 0 Å². The molecule has 10 aromatic carbocycles. The van der Waals surface area contributed by atoms with Crippen LogP contribution < -0.4 is 0 Å². The number of fused-ring (bicyclic) bond motifs is 3. The SMILES string of the molecule is c1ccc(-c2cc(-c3ccccc3)cc(-c3ccc4ccc(-c5c6ccccc6c(-c6cccc(-c7ccccc7)c6)c6ccccc56)cc4c3)c2)cc1. The lowest BCUT2D eigenvalue weighted by Crippen LogP contribution is -1.91. The average molecular weight is 685 g/mol. The first-order valence-corrected chi connectivity index (χ1v) is 18.7. The van der Waals surface area contributed by atoms with E-state index in [2.05, 4.69) is 218 Å². The number of hydrogen-bond acceptors (Lipinski definition) is 0. The van der Waals surface area contributed by atoms with E-state index >= 15 is 0 Å². The summed E-state index contributed by atoms with van der Waals surface area (Å²) >= 11 is 0. The smallest absolute Gasteiger partial charge is 0.00262 e. The van der Waals surface area contributed by atoms with E-state index < -0.39 is 0 Å². The van der Waals surface area contributed by atoms with Crippen molar-refractivity contribution in [2.24, 2.45) is 0 Å². The van der Waals surface area contributed by atoms with Gasteiger partial charge in [-0.05, 0) is 135 Å². The van der Waals surface area contributed by atoms with Crippen LogP contribution in [0.3, 0.4) is 0 Å². The van der Waals surface area contributed by atoms with Crippen LogP contribution in [-0.4, -0.2) is 0 Å². The van der Waals surface area contributed by atoms with Crippen LogP contribution in [-0.2, 0) is 0 Å². The van der Waals surface area contributed by atoms with Gasteiger partial charge in [0, 0.05) is 0 Å². The molecule has 0 bridgehead atoms. The van der Waals surface area contributed by atoms with Gasteiger partial charge in [-0.15, -0.1) is 0 Å². The summed E-state index contributed by atoms with van der Waals surface area (Å²) in [6, 6.07) is 79.8. The Balaban J connectivity index is 1.14. The van der Waals surface area contributed by atoms with Gasteiger partial charge < -0.3 is 0 Å². The predicted molar refractivity (Wildman–Crippen MR) is 232 cm³/mol. The van der Waals surface area contributed by atoms with E-state index in [1.54, 1.807) is 0 Å². The highest BCUT2D eigenvalue weighted by molar-refractivity contribution is 6.21. The second-order valence-electron chi connectivity index (χ2n) is 14.1. The normalized spacial score (nSPS) is 11.3. The van der Waals surface area contributed by atoms with Gasteiger partial charge >= 0.3 is 0 Å². The fourth-order valence-electron chi connectivity index (χ4n) is 8.21. The van der Waals surface area contributed by atoms with Crippen molar-refractivity contribution in [3.63, 3.8) is 0 Å². The van der Waals surface area contributed by atoms with Gasteiger partial charge in [-0.1, -0.05) is 182 Å². The van der Waals surface area contributed by atoms with Crippen molar-refractivity contribution in [1.82, 2.24) is 0 Å². The van der Waals surface area contributed by atoms with Gasteiger partial charge in [-0.25, -0.2) is 0 Å². The fraction of sp³-hybridized carbons (Fsp3) is 0. The largest absolute Gasteiger partial charge is 0.0622 e. The van der Waals surface area contributed by atoms with Crippen molar-refractivity contribution < 1.29 is 0 Å². The maximum absolute atomic E-state index is 2.39. The summed E-state index contributed by atoms with van der Waals surface area (Å²) in [6.07, 6.45) is 0. The number of rotatable bonds is 6. The van der Waals surface area contributed by atoms with Gasteiger partial charge in [0.1, 0.15) is 0 Å².